The molecule has 0 radical (unpaired) electrons. The van der Waals surface area contributed by atoms with E-state index in [0.717, 1.165) is 11.1 Å². The van der Waals surface area contributed by atoms with Crippen LogP contribution in [0.25, 0.3) is 11.1 Å². The Labute approximate surface area is 121 Å². The third-order valence-corrected chi connectivity index (χ3v) is 3.12. The molecule has 1 amide bonds. The highest BCUT2D eigenvalue weighted by molar-refractivity contribution is 5.94. The van der Waals surface area contributed by atoms with E-state index in [9.17, 15) is 4.79 Å². The number of hydrogen-bond donors (Lipinski definition) is 2. The third kappa shape index (κ3) is 3.02. The molecular formula is C16H15N3O2. The van der Waals surface area contributed by atoms with Crippen LogP contribution in [0.15, 0.2) is 46.9 Å². The van der Waals surface area contributed by atoms with Gasteiger partial charge >= 0.3 is 0 Å². The standard InChI is InChI=1S/C16H15N3O2/c1-10-18-14-9-13(6-7-15(14)21-10)19-16(20)8-11-2-4-12(17)5-3-11/h2-7,9H,8,17H2,1H3,(H,19,20). The molecule has 0 aliphatic rings. The van der Waals surface area contributed by atoms with Gasteiger partial charge in [-0.1, -0.05) is 12.1 Å². The number of nitrogens with two attached hydrogens (primary N) is 1. The Morgan fingerprint density at radius 1 is 1.24 bits per heavy atom. The summed E-state index contributed by atoms with van der Waals surface area (Å²) in [5.41, 5.74) is 9.37. The molecule has 0 spiro atoms. The number of carbonyl (C=O) groups excluding carboxylic acids is 1. The first-order chi connectivity index (χ1) is 10.1. The van der Waals surface area contributed by atoms with Gasteiger partial charge in [0.1, 0.15) is 5.52 Å². The normalized spacial score (nSPS) is 10.7. The summed E-state index contributed by atoms with van der Waals surface area (Å²) in [5, 5.41) is 2.85. The average molecular weight is 281 g/mol. The maximum absolute atomic E-state index is 12.0. The highest BCUT2D eigenvalue weighted by atomic mass is 16.3. The van der Waals surface area contributed by atoms with E-state index in [4.69, 9.17) is 10.2 Å². The van der Waals surface area contributed by atoms with Crippen LogP contribution in [0.5, 0.6) is 0 Å². The lowest BCUT2D eigenvalue weighted by Crippen LogP contribution is -2.14. The Kier molecular flexibility index (Phi) is 3.31. The molecule has 0 saturated carbocycles. The number of carbonyl (C=O) groups is 1. The van der Waals surface area contributed by atoms with Crippen LogP contribution in [0.4, 0.5) is 11.4 Å². The van der Waals surface area contributed by atoms with E-state index in [2.05, 4.69) is 10.3 Å². The van der Waals surface area contributed by atoms with Crippen LogP contribution in [0, 0.1) is 6.92 Å². The topological polar surface area (TPSA) is 81.2 Å². The molecule has 0 atom stereocenters. The quantitative estimate of drug-likeness (QED) is 0.723. The molecule has 3 rings (SSSR count). The molecule has 0 fully saturated rings. The van der Waals surface area contributed by atoms with Gasteiger partial charge in [0, 0.05) is 18.3 Å². The number of anilines is 2. The Morgan fingerprint density at radius 3 is 2.76 bits per heavy atom. The van der Waals surface area contributed by atoms with Crippen molar-refractivity contribution in [2.45, 2.75) is 13.3 Å². The number of nitrogen functional groups attached to an aromatic ring is 1. The van der Waals surface area contributed by atoms with Crippen LogP contribution in [0.2, 0.25) is 0 Å². The molecule has 0 aliphatic heterocycles. The van der Waals surface area contributed by atoms with Crippen LogP contribution < -0.4 is 11.1 Å². The summed E-state index contributed by atoms with van der Waals surface area (Å²) < 4.78 is 5.40. The minimum atomic E-state index is -0.0839. The van der Waals surface area contributed by atoms with E-state index >= 15 is 0 Å². The second-order valence-electron chi connectivity index (χ2n) is 4.88. The molecule has 3 aromatic rings. The number of oxazole rings is 1. The molecule has 3 N–H and O–H groups in total. The largest absolute Gasteiger partial charge is 0.441 e. The van der Waals surface area contributed by atoms with Gasteiger partial charge in [-0.3, -0.25) is 4.79 Å². The number of aryl methyl sites for hydroxylation is 1. The summed E-state index contributed by atoms with van der Waals surface area (Å²) in [5.74, 6) is 0.523. The van der Waals surface area contributed by atoms with Gasteiger partial charge in [0.05, 0.1) is 6.42 Å². The number of fused-ring (bicyclic) bond motifs is 1. The number of rotatable bonds is 3. The number of aromatic nitrogens is 1. The number of benzene rings is 2. The van der Waals surface area contributed by atoms with Crippen molar-refractivity contribution in [3.63, 3.8) is 0 Å². The third-order valence-electron chi connectivity index (χ3n) is 3.12. The first-order valence-electron chi connectivity index (χ1n) is 6.61. The van der Waals surface area contributed by atoms with Crippen LogP contribution in [-0.4, -0.2) is 10.9 Å². The van der Waals surface area contributed by atoms with Gasteiger partial charge in [0.25, 0.3) is 0 Å². The lowest BCUT2D eigenvalue weighted by molar-refractivity contribution is -0.115. The SMILES string of the molecule is Cc1nc2cc(NC(=O)Cc3ccc(N)cc3)ccc2o1. The van der Waals surface area contributed by atoms with Gasteiger partial charge in [-0.2, -0.15) is 0 Å². The fraction of sp³-hybridized carbons (Fsp3) is 0.125. The predicted molar refractivity (Wildman–Crippen MR) is 81.9 cm³/mol. The van der Waals surface area contributed by atoms with Crippen molar-refractivity contribution in [1.82, 2.24) is 4.98 Å². The molecule has 5 nitrogen and oxygen atoms in total. The lowest BCUT2D eigenvalue weighted by Gasteiger charge is -2.05. The summed E-state index contributed by atoms with van der Waals surface area (Å²) >= 11 is 0. The fourth-order valence-electron chi connectivity index (χ4n) is 2.15. The molecule has 106 valence electrons. The molecule has 0 unspecified atom stereocenters. The van der Waals surface area contributed by atoms with Gasteiger partial charge in [0.2, 0.25) is 5.91 Å². The zero-order valence-electron chi connectivity index (χ0n) is 11.6. The first-order valence-corrected chi connectivity index (χ1v) is 6.61. The highest BCUT2D eigenvalue weighted by Crippen LogP contribution is 2.19. The summed E-state index contributed by atoms with van der Waals surface area (Å²) in [6, 6.07) is 12.7. The van der Waals surface area contributed by atoms with Crippen LogP contribution >= 0.6 is 0 Å². The molecular weight excluding hydrogens is 266 g/mol. The second kappa shape index (κ2) is 5.28. The second-order valence-corrected chi connectivity index (χ2v) is 4.88. The van der Waals surface area contributed by atoms with Gasteiger partial charge in [0.15, 0.2) is 11.5 Å². The number of nitrogens with one attached hydrogen (secondary N) is 1. The lowest BCUT2D eigenvalue weighted by atomic mass is 10.1. The molecule has 0 saturated heterocycles. The van der Waals surface area contributed by atoms with Gasteiger partial charge < -0.3 is 15.5 Å². The summed E-state index contributed by atoms with van der Waals surface area (Å²) in [7, 11) is 0. The first kappa shape index (κ1) is 13.2. The number of hydrogen-bond acceptors (Lipinski definition) is 4. The Morgan fingerprint density at radius 2 is 2.00 bits per heavy atom. The molecule has 21 heavy (non-hydrogen) atoms. The van der Waals surface area contributed by atoms with Crippen molar-refractivity contribution in [3.05, 3.63) is 53.9 Å². The average Bonchev–Trinajstić information content (AvgIpc) is 2.80. The van der Waals surface area contributed by atoms with Crippen LogP contribution in [0.3, 0.4) is 0 Å². The van der Waals surface area contributed by atoms with Crippen molar-refractivity contribution in [2.75, 3.05) is 11.1 Å². The molecule has 5 heteroatoms. The minimum absolute atomic E-state index is 0.0839. The van der Waals surface area contributed by atoms with Crippen molar-refractivity contribution < 1.29 is 9.21 Å². The molecule has 0 aliphatic carbocycles. The fourth-order valence-corrected chi connectivity index (χ4v) is 2.15. The van der Waals surface area contributed by atoms with Gasteiger partial charge in [-0.25, -0.2) is 4.98 Å². The Bertz CT molecular complexity index is 791. The van der Waals surface area contributed by atoms with E-state index < -0.39 is 0 Å². The molecule has 2 aromatic carbocycles. The molecule has 1 heterocycles. The predicted octanol–water partition coefficient (Wildman–Crippen LogP) is 2.90. The zero-order chi connectivity index (χ0) is 14.8. The minimum Gasteiger partial charge on any atom is -0.441 e. The maximum atomic E-state index is 12.0. The zero-order valence-corrected chi connectivity index (χ0v) is 11.6. The summed E-state index contributed by atoms with van der Waals surface area (Å²) in [6.45, 7) is 1.79. The van der Waals surface area contributed by atoms with Crippen molar-refractivity contribution in [3.8, 4) is 0 Å². The molecule has 1 aromatic heterocycles. The smallest absolute Gasteiger partial charge is 0.228 e. The Balaban J connectivity index is 1.71. The number of amides is 1. The van der Waals surface area contributed by atoms with E-state index in [1.807, 2.05) is 12.1 Å². The van der Waals surface area contributed by atoms with E-state index in [1.165, 1.54) is 0 Å². The van der Waals surface area contributed by atoms with Crippen molar-refractivity contribution in [1.29, 1.82) is 0 Å². The Hall–Kier alpha value is -2.82. The van der Waals surface area contributed by atoms with E-state index in [0.29, 0.717) is 29.3 Å². The van der Waals surface area contributed by atoms with Crippen LogP contribution in [-0.2, 0) is 11.2 Å². The van der Waals surface area contributed by atoms with E-state index in [1.54, 1.807) is 37.3 Å². The summed E-state index contributed by atoms with van der Waals surface area (Å²) in [6.07, 6.45) is 0.302. The highest BCUT2D eigenvalue weighted by Gasteiger charge is 2.07. The molecule has 0 bridgehead atoms. The van der Waals surface area contributed by atoms with Crippen molar-refractivity contribution in [2.24, 2.45) is 0 Å². The number of nitrogens with zero attached hydrogens (tertiary/aromatic N) is 1. The maximum Gasteiger partial charge on any atom is 0.228 e. The van der Waals surface area contributed by atoms with Gasteiger partial charge in [-0.05, 0) is 35.9 Å². The van der Waals surface area contributed by atoms with Crippen molar-refractivity contribution >= 4 is 28.4 Å². The summed E-state index contributed by atoms with van der Waals surface area (Å²) in [4.78, 5) is 16.3. The van der Waals surface area contributed by atoms with Gasteiger partial charge in [-0.15, -0.1) is 0 Å². The van der Waals surface area contributed by atoms with Crippen LogP contribution in [0.1, 0.15) is 11.5 Å². The monoisotopic (exact) mass is 281 g/mol. The van der Waals surface area contributed by atoms with E-state index in [-0.39, 0.29) is 5.91 Å².